The Hall–Kier alpha value is -0.800. The van der Waals surface area contributed by atoms with Crippen LogP contribution in [0.1, 0.15) is 18.0 Å². The van der Waals surface area contributed by atoms with Crippen LogP contribution in [0.5, 0.6) is 5.75 Å². The molecule has 0 radical (unpaired) electrons. The molecule has 0 aliphatic carbocycles. The van der Waals surface area contributed by atoms with Crippen LogP contribution in [0.15, 0.2) is 12.1 Å². The fraction of sp³-hybridized carbons (Fsp3) is 0.333. The molecule has 0 bridgehead atoms. The van der Waals surface area contributed by atoms with Crippen LogP contribution < -0.4 is 5.32 Å². The Morgan fingerprint density at radius 2 is 2.23 bits per heavy atom. The van der Waals surface area contributed by atoms with Gasteiger partial charge in [0.25, 0.3) is 0 Å². The maximum absolute atomic E-state index is 12.9. The van der Waals surface area contributed by atoms with E-state index in [1.54, 1.807) is 0 Å². The molecule has 4 heteroatoms. The fourth-order valence-corrected chi connectivity index (χ4v) is 1.62. The second-order valence-corrected chi connectivity index (χ2v) is 3.53. The lowest BCUT2D eigenvalue weighted by molar-refractivity contribution is 0.363. The van der Waals surface area contributed by atoms with E-state index in [0.29, 0.717) is 5.56 Å². The first-order chi connectivity index (χ1) is 6.18. The van der Waals surface area contributed by atoms with Crippen molar-refractivity contribution in [2.75, 3.05) is 6.54 Å². The van der Waals surface area contributed by atoms with Gasteiger partial charge in [-0.2, -0.15) is 0 Å². The summed E-state index contributed by atoms with van der Waals surface area (Å²) < 4.78 is 12.9. The predicted molar refractivity (Wildman–Crippen MR) is 48.4 cm³/mol. The fourth-order valence-electron chi connectivity index (χ4n) is 1.41. The van der Waals surface area contributed by atoms with Crippen LogP contribution >= 0.6 is 11.6 Å². The largest absolute Gasteiger partial charge is 0.506 e. The first kappa shape index (κ1) is 8.78. The third-order valence-corrected chi connectivity index (χ3v) is 2.54. The summed E-state index contributed by atoms with van der Waals surface area (Å²) in [5, 5.41) is 12.7. The van der Waals surface area contributed by atoms with Crippen molar-refractivity contribution in [3.8, 4) is 5.75 Å². The van der Waals surface area contributed by atoms with E-state index in [1.807, 2.05) is 0 Å². The third kappa shape index (κ3) is 1.49. The maximum atomic E-state index is 12.9. The van der Waals surface area contributed by atoms with Gasteiger partial charge in [-0.1, -0.05) is 11.6 Å². The topological polar surface area (TPSA) is 32.3 Å². The van der Waals surface area contributed by atoms with Crippen LogP contribution in [-0.2, 0) is 0 Å². The SMILES string of the molecule is Oc1c(Cl)cc(F)cc1C1CCN1. The number of halogens is 2. The van der Waals surface area contributed by atoms with Gasteiger partial charge in [-0.25, -0.2) is 4.39 Å². The van der Waals surface area contributed by atoms with E-state index in [-0.39, 0.29) is 16.8 Å². The van der Waals surface area contributed by atoms with Gasteiger partial charge in [0.05, 0.1) is 5.02 Å². The molecule has 0 aromatic heterocycles. The van der Waals surface area contributed by atoms with Gasteiger partial charge >= 0.3 is 0 Å². The Morgan fingerprint density at radius 1 is 1.54 bits per heavy atom. The average Bonchev–Trinajstić information content (AvgIpc) is 1.95. The molecule has 1 aliphatic heterocycles. The lowest BCUT2D eigenvalue weighted by Crippen LogP contribution is -2.35. The number of hydrogen-bond donors (Lipinski definition) is 2. The van der Waals surface area contributed by atoms with Gasteiger partial charge in [-0.15, -0.1) is 0 Å². The zero-order valence-corrected chi connectivity index (χ0v) is 7.61. The van der Waals surface area contributed by atoms with Crippen LogP contribution in [0.4, 0.5) is 4.39 Å². The minimum atomic E-state index is -0.411. The molecule has 0 spiro atoms. The van der Waals surface area contributed by atoms with E-state index in [1.165, 1.54) is 6.07 Å². The third-order valence-electron chi connectivity index (χ3n) is 2.26. The van der Waals surface area contributed by atoms with Gasteiger partial charge < -0.3 is 10.4 Å². The summed E-state index contributed by atoms with van der Waals surface area (Å²) in [6.07, 6.45) is 0.910. The van der Waals surface area contributed by atoms with Crippen molar-refractivity contribution in [1.82, 2.24) is 5.32 Å². The molecule has 1 aromatic rings. The molecule has 1 unspecified atom stereocenters. The molecule has 70 valence electrons. The predicted octanol–water partition coefficient (Wildman–Crippen LogP) is 2.22. The lowest BCUT2D eigenvalue weighted by Gasteiger charge is -2.28. The van der Waals surface area contributed by atoms with Crippen LogP contribution in [0.3, 0.4) is 0 Å². The van der Waals surface area contributed by atoms with Crippen molar-refractivity contribution in [2.24, 2.45) is 0 Å². The van der Waals surface area contributed by atoms with E-state index >= 15 is 0 Å². The first-order valence-corrected chi connectivity index (χ1v) is 4.47. The smallest absolute Gasteiger partial charge is 0.139 e. The zero-order chi connectivity index (χ0) is 9.42. The minimum absolute atomic E-state index is 0.0136. The molecular weight excluding hydrogens is 193 g/mol. The number of phenols is 1. The van der Waals surface area contributed by atoms with Crippen molar-refractivity contribution < 1.29 is 9.50 Å². The van der Waals surface area contributed by atoms with Crippen LogP contribution in [0, 0.1) is 5.82 Å². The number of phenolic OH excluding ortho intramolecular Hbond substituents is 1. The molecule has 1 heterocycles. The van der Waals surface area contributed by atoms with Crippen LogP contribution in [0.25, 0.3) is 0 Å². The van der Waals surface area contributed by atoms with Gasteiger partial charge in [-0.05, 0) is 25.1 Å². The Morgan fingerprint density at radius 3 is 2.77 bits per heavy atom. The monoisotopic (exact) mass is 201 g/mol. The van der Waals surface area contributed by atoms with Gasteiger partial charge in [-0.3, -0.25) is 0 Å². The number of rotatable bonds is 1. The molecule has 1 aliphatic rings. The Labute approximate surface area is 80.3 Å². The summed E-state index contributed by atoms with van der Waals surface area (Å²) in [7, 11) is 0. The van der Waals surface area contributed by atoms with Crippen molar-refractivity contribution in [3.05, 3.63) is 28.5 Å². The Balaban J connectivity index is 2.42. The maximum Gasteiger partial charge on any atom is 0.139 e. The molecule has 2 nitrogen and oxygen atoms in total. The normalized spacial score (nSPS) is 21.2. The van der Waals surface area contributed by atoms with Crippen LogP contribution in [-0.4, -0.2) is 11.7 Å². The second kappa shape index (κ2) is 3.16. The molecular formula is C9H9ClFNO. The van der Waals surface area contributed by atoms with Crippen LogP contribution in [0.2, 0.25) is 5.02 Å². The Kier molecular flexibility index (Phi) is 2.14. The number of benzene rings is 1. The van der Waals surface area contributed by atoms with Gasteiger partial charge in [0.15, 0.2) is 0 Å². The van der Waals surface area contributed by atoms with Gasteiger partial charge in [0.2, 0.25) is 0 Å². The molecule has 2 rings (SSSR count). The quantitative estimate of drug-likeness (QED) is 0.730. The van der Waals surface area contributed by atoms with E-state index in [9.17, 15) is 9.50 Å². The highest BCUT2D eigenvalue weighted by Crippen LogP contribution is 2.36. The molecule has 2 N–H and O–H groups in total. The summed E-state index contributed by atoms with van der Waals surface area (Å²) in [6.45, 7) is 0.901. The minimum Gasteiger partial charge on any atom is -0.506 e. The lowest BCUT2D eigenvalue weighted by atomic mass is 9.97. The highest BCUT2D eigenvalue weighted by Gasteiger charge is 2.23. The first-order valence-electron chi connectivity index (χ1n) is 4.10. The van der Waals surface area contributed by atoms with Gasteiger partial charge in [0, 0.05) is 11.6 Å². The van der Waals surface area contributed by atoms with E-state index in [2.05, 4.69) is 5.32 Å². The highest BCUT2D eigenvalue weighted by atomic mass is 35.5. The summed E-state index contributed by atoms with van der Waals surface area (Å²) in [5.41, 5.74) is 0.552. The molecule has 13 heavy (non-hydrogen) atoms. The van der Waals surface area contributed by atoms with Crippen molar-refractivity contribution in [1.29, 1.82) is 0 Å². The molecule has 0 saturated carbocycles. The number of hydrogen-bond acceptors (Lipinski definition) is 2. The van der Waals surface area contributed by atoms with Gasteiger partial charge in [0.1, 0.15) is 11.6 Å². The van der Waals surface area contributed by atoms with Crippen molar-refractivity contribution in [3.63, 3.8) is 0 Å². The summed E-state index contributed by atoms with van der Waals surface area (Å²) in [4.78, 5) is 0. The average molecular weight is 202 g/mol. The zero-order valence-electron chi connectivity index (χ0n) is 6.85. The standard InChI is InChI=1S/C9H9ClFNO/c10-7-4-5(11)3-6(9(7)13)8-1-2-12-8/h3-4,8,12-13H,1-2H2. The molecule has 1 aromatic carbocycles. The summed E-state index contributed by atoms with van der Waals surface area (Å²) in [5.74, 6) is -0.424. The molecule has 1 fully saturated rings. The number of aromatic hydroxyl groups is 1. The number of nitrogens with one attached hydrogen (secondary N) is 1. The van der Waals surface area contributed by atoms with E-state index in [0.717, 1.165) is 19.0 Å². The Bertz CT molecular complexity index is 339. The van der Waals surface area contributed by atoms with Crippen molar-refractivity contribution >= 4 is 11.6 Å². The van der Waals surface area contributed by atoms with E-state index < -0.39 is 5.82 Å². The molecule has 0 amide bonds. The summed E-state index contributed by atoms with van der Waals surface area (Å²) in [6, 6.07) is 2.48. The highest BCUT2D eigenvalue weighted by molar-refractivity contribution is 6.32. The second-order valence-electron chi connectivity index (χ2n) is 3.12. The molecule has 1 atom stereocenters. The van der Waals surface area contributed by atoms with Crippen molar-refractivity contribution in [2.45, 2.75) is 12.5 Å². The summed E-state index contributed by atoms with van der Waals surface area (Å²) >= 11 is 5.63. The van der Waals surface area contributed by atoms with E-state index in [4.69, 9.17) is 11.6 Å². The molecule has 1 saturated heterocycles.